The van der Waals surface area contributed by atoms with Crippen molar-refractivity contribution in [3.63, 3.8) is 0 Å². The molecule has 0 N–H and O–H groups in total. The zero-order valence-corrected chi connectivity index (χ0v) is 17.3. The highest BCUT2D eigenvalue weighted by Gasteiger charge is 2.27. The van der Waals surface area contributed by atoms with E-state index in [1.807, 2.05) is 91.0 Å². The van der Waals surface area contributed by atoms with Crippen LogP contribution >= 0.6 is 11.8 Å². The average molecular weight is 416 g/mol. The largest absolute Gasteiger partial charge is 0.465 e. The van der Waals surface area contributed by atoms with Crippen molar-refractivity contribution in [3.8, 4) is 22.6 Å². The van der Waals surface area contributed by atoms with Gasteiger partial charge in [0, 0.05) is 11.1 Å². The van der Waals surface area contributed by atoms with Gasteiger partial charge >= 0.3 is 5.97 Å². The van der Waals surface area contributed by atoms with Gasteiger partial charge in [-0.05, 0) is 24.2 Å². The fourth-order valence-electron chi connectivity index (χ4n) is 3.13. The molecule has 5 heteroatoms. The summed E-state index contributed by atoms with van der Waals surface area (Å²) in [5.41, 5.74) is 3.49. The molecule has 0 bridgehead atoms. The van der Waals surface area contributed by atoms with E-state index in [-0.39, 0.29) is 5.97 Å². The zero-order valence-electron chi connectivity index (χ0n) is 16.5. The van der Waals surface area contributed by atoms with Crippen molar-refractivity contribution in [2.45, 2.75) is 17.4 Å². The van der Waals surface area contributed by atoms with Gasteiger partial charge in [-0.2, -0.15) is 0 Å². The number of thioether (sulfide) groups is 1. The molecule has 4 nitrogen and oxygen atoms in total. The second-order valence-corrected chi connectivity index (χ2v) is 7.61. The number of aromatic nitrogens is 1. The minimum atomic E-state index is -0.558. The van der Waals surface area contributed by atoms with Crippen molar-refractivity contribution in [1.82, 2.24) is 4.98 Å². The summed E-state index contributed by atoms with van der Waals surface area (Å²) in [4.78, 5) is 17.4. The van der Waals surface area contributed by atoms with E-state index in [0.717, 1.165) is 22.4 Å². The molecule has 1 unspecified atom stereocenters. The molecule has 0 saturated heterocycles. The minimum absolute atomic E-state index is 0.311. The van der Waals surface area contributed by atoms with Crippen LogP contribution in [0.4, 0.5) is 0 Å². The van der Waals surface area contributed by atoms with Crippen LogP contribution in [0.3, 0.4) is 0 Å². The molecule has 0 aliphatic rings. The second kappa shape index (κ2) is 9.46. The Morgan fingerprint density at radius 3 is 2.07 bits per heavy atom. The van der Waals surface area contributed by atoms with E-state index in [1.54, 1.807) is 6.92 Å². The fourth-order valence-corrected chi connectivity index (χ4v) is 4.06. The number of nitrogens with zero attached hydrogens (tertiary/aromatic N) is 1. The predicted molar refractivity (Wildman–Crippen MR) is 119 cm³/mol. The van der Waals surface area contributed by atoms with Gasteiger partial charge in [-0.3, -0.25) is 4.79 Å². The van der Waals surface area contributed by atoms with Crippen LogP contribution in [0.1, 0.15) is 17.7 Å². The van der Waals surface area contributed by atoms with Crippen LogP contribution < -0.4 is 0 Å². The molecule has 0 aliphatic heterocycles. The Kier molecular flexibility index (Phi) is 6.30. The first-order valence-electron chi connectivity index (χ1n) is 9.76. The maximum Gasteiger partial charge on any atom is 0.324 e. The molecule has 4 aromatic rings. The normalized spacial score (nSPS) is 11.8. The van der Waals surface area contributed by atoms with Crippen LogP contribution in [0.2, 0.25) is 0 Å². The van der Waals surface area contributed by atoms with Gasteiger partial charge in [0.25, 0.3) is 5.22 Å². The van der Waals surface area contributed by atoms with Crippen LogP contribution in [-0.2, 0) is 9.53 Å². The minimum Gasteiger partial charge on any atom is -0.465 e. The lowest BCUT2D eigenvalue weighted by atomic mass is 10.1. The van der Waals surface area contributed by atoms with Gasteiger partial charge in [-0.1, -0.05) is 91.0 Å². The van der Waals surface area contributed by atoms with Gasteiger partial charge in [0.2, 0.25) is 0 Å². The van der Waals surface area contributed by atoms with Gasteiger partial charge in [0.15, 0.2) is 5.76 Å². The molecule has 0 saturated carbocycles. The van der Waals surface area contributed by atoms with Gasteiger partial charge in [0.05, 0.1) is 6.61 Å². The Morgan fingerprint density at radius 1 is 0.900 bits per heavy atom. The first kappa shape index (κ1) is 20.0. The molecule has 0 radical (unpaired) electrons. The molecule has 1 atom stereocenters. The first-order chi connectivity index (χ1) is 14.8. The van der Waals surface area contributed by atoms with Gasteiger partial charge < -0.3 is 9.15 Å². The number of rotatable bonds is 7. The average Bonchev–Trinajstić information content (AvgIpc) is 3.23. The highest BCUT2D eigenvalue weighted by molar-refractivity contribution is 8.00. The third-order valence-corrected chi connectivity index (χ3v) is 5.59. The summed E-state index contributed by atoms with van der Waals surface area (Å²) in [5, 5.41) is -0.133. The highest BCUT2D eigenvalue weighted by atomic mass is 32.2. The molecule has 150 valence electrons. The zero-order chi connectivity index (χ0) is 20.8. The Morgan fingerprint density at radius 2 is 1.47 bits per heavy atom. The predicted octanol–water partition coefficient (Wildman–Crippen LogP) is 6.41. The number of carbonyl (C=O) groups is 1. The van der Waals surface area contributed by atoms with E-state index in [4.69, 9.17) is 14.1 Å². The maximum absolute atomic E-state index is 12.7. The molecular formula is C25H21NO3S. The number of ether oxygens (including phenoxy) is 1. The van der Waals surface area contributed by atoms with Crippen LogP contribution in [0, 0.1) is 0 Å². The Labute approximate surface area is 179 Å². The molecule has 0 spiro atoms. The van der Waals surface area contributed by atoms with Crippen LogP contribution in [0.15, 0.2) is 101 Å². The lowest BCUT2D eigenvalue weighted by Crippen LogP contribution is -2.13. The molecule has 1 aromatic heterocycles. The summed E-state index contributed by atoms with van der Waals surface area (Å²) in [6.45, 7) is 2.12. The van der Waals surface area contributed by atoms with Crippen molar-refractivity contribution >= 4 is 17.7 Å². The maximum atomic E-state index is 12.7. The summed E-state index contributed by atoms with van der Waals surface area (Å²) in [5.74, 6) is 0.370. The molecule has 0 fully saturated rings. The van der Waals surface area contributed by atoms with Crippen LogP contribution in [0.5, 0.6) is 0 Å². The van der Waals surface area contributed by atoms with Crippen molar-refractivity contribution in [3.05, 3.63) is 96.6 Å². The highest BCUT2D eigenvalue weighted by Crippen LogP contribution is 2.41. The summed E-state index contributed by atoms with van der Waals surface area (Å²) < 4.78 is 11.5. The molecule has 4 rings (SSSR count). The summed E-state index contributed by atoms with van der Waals surface area (Å²) in [6, 6.07) is 29.3. The van der Waals surface area contributed by atoms with E-state index in [9.17, 15) is 4.79 Å². The van der Waals surface area contributed by atoms with Gasteiger partial charge in [0.1, 0.15) is 10.9 Å². The Hall–Kier alpha value is -3.31. The lowest BCUT2D eigenvalue weighted by Gasteiger charge is -2.13. The number of hydrogen-bond donors (Lipinski definition) is 0. The van der Waals surface area contributed by atoms with E-state index >= 15 is 0 Å². The third kappa shape index (κ3) is 4.47. The number of carbonyl (C=O) groups excluding carboxylic acids is 1. The molecule has 30 heavy (non-hydrogen) atoms. The fraction of sp³-hybridized carbons (Fsp3) is 0.120. The van der Waals surface area contributed by atoms with Crippen molar-refractivity contribution in [2.24, 2.45) is 0 Å². The molecule has 1 heterocycles. The SMILES string of the molecule is CCOC(=O)C(Sc1nc(-c2ccccc2)c(-c2ccccc2)o1)c1ccccc1. The number of esters is 1. The van der Waals surface area contributed by atoms with E-state index < -0.39 is 5.25 Å². The molecule has 0 aliphatic carbocycles. The van der Waals surface area contributed by atoms with Crippen LogP contribution in [0.25, 0.3) is 22.6 Å². The van der Waals surface area contributed by atoms with E-state index in [1.165, 1.54) is 11.8 Å². The Balaban J connectivity index is 1.75. The van der Waals surface area contributed by atoms with Gasteiger partial charge in [-0.25, -0.2) is 4.98 Å². The topological polar surface area (TPSA) is 52.3 Å². The van der Waals surface area contributed by atoms with Crippen LogP contribution in [-0.4, -0.2) is 17.6 Å². The van der Waals surface area contributed by atoms with E-state index in [0.29, 0.717) is 17.6 Å². The second-order valence-electron chi connectivity index (χ2n) is 6.55. The number of oxazole rings is 1. The van der Waals surface area contributed by atoms with Gasteiger partial charge in [-0.15, -0.1) is 0 Å². The van der Waals surface area contributed by atoms with Crippen molar-refractivity contribution in [1.29, 1.82) is 0 Å². The van der Waals surface area contributed by atoms with Crippen molar-refractivity contribution in [2.75, 3.05) is 6.61 Å². The first-order valence-corrected chi connectivity index (χ1v) is 10.6. The summed E-state index contributed by atoms with van der Waals surface area (Å²) in [6.07, 6.45) is 0. The number of benzene rings is 3. The summed E-state index contributed by atoms with van der Waals surface area (Å²) >= 11 is 1.26. The third-order valence-electron chi connectivity index (χ3n) is 4.51. The molecule has 0 amide bonds. The standard InChI is InChI=1S/C25H21NO3S/c1-2-28-24(27)23(20-16-10-5-11-17-20)30-25-26-21(18-12-6-3-7-13-18)22(29-25)19-14-8-4-9-15-19/h3-17,23H,2H2,1H3. The van der Waals surface area contributed by atoms with Crippen molar-refractivity contribution < 1.29 is 13.9 Å². The quantitative estimate of drug-likeness (QED) is 0.258. The monoisotopic (exact) mass is 415 g/mol. The molecular weight excluding hydrogens is 394 g/mol. The molecule has 3 aromatic carbocycles. The lowest BCUT2D eigenvalue weighted by molar-refractivity contribution is -0.142. The summed E-state index contributed by atoms with van der Waals surface area (Å²) in [7, 11) is 0. The Bertz CT molecular complexity index is 1040. The van der Waals surface area contributed by atoms with E-state index in [2.05, 4.69) is 0 Å². The number of hydrogen-bond acceptors (Lipinski definition) is 5. The smallest absolute Gasteiger partial charge is 0.324 e.